The van der Waals surface area contributed by atoms with Crippen molar-refractivity contribution in [2.24, 2.45) is 17.1 Å². The molecule has 3 nitrogen and oxygen atoms in total. The molecule has 20 heavy (non-hydrogen) atoms. The van der Waals surface area contributed by atoms with Gasteiger partial charge in [0.2, 0.25) is 5.91 Å². The molecule has 0 bridgehead atoms. The molecule has 0 aliphatic heterocycles. The molecule has 3 N–H and O–H groups in total. The zero-order chi connectivity index (χ0) is 15.5. The minimum absolute atomic E-state index is 0.0167. The van der Waals surface area contributed by atoms with Gasteiger partial charge < -0.3 is 11.1 Å². The van der Waals surface area contributed by atoms with Crippen molar-refractivity contribution >= 4 is 46.4 Å². The molecular weight excluding hydrogens is 319 g/mol. The van der Waals surface area contributed by atoms with E-state index in [2.05, 4.69) is 26.1 Å². The molecule has 1 aromatic carbocycles. The number of carbonyl (C=O) groups is 1. The molecule has 0 aliphatic carbocycles. The van der Waals surface area contributed by atoms with Crippen molar-refractivity contribution < 1.29 is 4.79 Å². The van der Waals surface area contributed by atoms with Crippen LogP contribution in [0, 0.1) is 11.3 Å². The van der Waals surface area contributed by atoms with Crippen LogP contribution in [0.15, 0.2) is 12.1 Å². The molecule has 0 saturated heterocycles. The summed E-state index contributed by atoms with van der Waals surface area (Å²) in [6, 6.07) is 3.04. The smallest absolute Gasteiger partial charge is 0.228 e. The molecule has 1 amide bonds. The Morgan fingerprint density at radius 2 is 1.75 bits per heavy atom. The topological polar surface area (TPSA) is 55.1 Å². The third-order valence-corrected chi connectivity index (χ3v) is 3.82. The number of hydrogen-bond acceptors (Lipinski definition) is 2. The number of amides is 1. The van der Waals surface area contributed by atoms with Crippen molar-refractivity contribution in [2.75, 3.05) is 11.9 Å². The summed E-state index contributed by atoms with van der Waals surface area (Å²) in [6.07, 6.45) is 0.689. The van der Waals surface area contributed by atoms with Gasteiger partial charge in [-0.15, -0.1) is 0 Å². The molecule has 0 aromatic heterocycles. The highest BCUT2D eigenvalue weighted by Gasteiger charge is 2.24. The number of benzene rings is 1. The number of nitrogens with two attached hydrogens (primary N) is 1. The second-order valence-electron chi connectivity index (χ2n) is 5.93. The van der Waals surface area contributed by atoms with Gasteiger partial charge in [0.25, 0.3) is 0 Å². The van der Waals surface area contributed by atoms with Gasteiger partial charge in [0, 0.05) is 6.54 Å². The van der Waals surface area contributed by atoms with Crippen LogP contribution in [0.3, 0.4) is 0 Å². The number of rotatable bonds is 4. The van der Waals surface area contributed by atoms with Crippen LogP contribution in [0.2, 0.25) is 15.1 Å². The summed E-state index contributed by atoms with van der Waals surface area (Å²) in [5.41, 5.74) is 6.15. The zero-order valence-electron chi connectivity index (χ0n) is 11.8. The maximum absolute atomic E-state index is 12.2. The number of carbonyl (C=O) groups excluding carboxylic acids is 1. The minimum atomic E-state index is -0.277. The van der Waals surface area contributed by atoms with Gasteiger partial charge >= 0.3 is 0 Å². The Balaban J connectivity index is 2.86. The molecular formula is C14H19Cl3N2O. The van der Waals surface area contributed by atoms with E-state index >= 15 is 0 Å². The lowest BCUT2D eigenvalue weighted by Crippen LogP contribution is -2.32. The molecule has 0 radical (unpaired) electrons. The fraction of sp³-hybridized carbons (Fsp3) is 0.500. The van der Waals surface area contributed by atoms with Crippen molar-refractivity contribution in [3.63, 3.8) is 0 Å². The van der Waals surface area contributed by atoms with Gasteiger partial charge in [0.1, 0.15) is 0 Å². The first-order valence-electron chi connectivity index (χ1n) is 6.29. The SMILES string of the molecule is CC(C)(C)CC(CN)C(=O)Nc1cc(Cl)c(Cl)cc1Cl. The highest BCUT2D eigenvalue weighted by atomic mass is 35.5. The molecule has 1 atom stereocenters. The van der Waals surface area contributed by atoms with E-state index in [4.69, 9.17) is 40.5 Å². The van der Waals surface area contributed by atoms with E-state index in [1.165, 1.54) is 12.1 Å². The predicted octanol–water partition coefficient (Wildman–Crippen LogP) is 4.60. The van der Waals surface area contributed by atoms with Crippen LogP contribution < -0.4 is 11.1 Å². The van der Waals surface area contributed by atoms with Gasteiger partial charge in [-0.05, 0) is 24.0 Å². The van der Waals surface area contributed by atoms with Gasteiger partial charge in [-0.2, -0.15) is 0 Å². The van der Waals surface area contributed by atoms with E-state index < -0.39 is 0 Å². The summed E-state index contributed by atoms with van der Waals surface area (Å²) in [6.45, 7) is 6.47. The van der Waals surface area contributed by atoms with Gasteiger partial charge in [-0.25, -0.2) is 0 Å². The Morgan fingerprint density at radius 3 is 2.25 bits per heavy atom. The van der Waals surface area contributed by atoms with E-state index in [1.54, 1.807) is 0 Å². The first kappa shape index (κ1) is 17.6. The number of anilines is 1. The van der Waals surface area contributed by atoms with Crippen LogP contribution in [0.1, 0.15) is 27.2 Å². The van der Waals surface area contributed by atoms with E-state index in [-0.39, 0.29) is 23.8 Å². The van der Waals surface area contributed by atoms with Crippen LogP contribution in [0.4, 0.5) is 5.69 Å². The highest BCUT2D eigenvalue weighted by molar-refractivity contribution is 6.44. The lowest BCUT2D eigenvalue weighted by molar-refractivity contribution is -0.120. The maximum Gasteiger partial charge on any atom is 0.228 e. The second kappa shape index (κ2) is 6.99. The van der Waals surface area contributed by atoms with Gasteiger partial charge in [-0.3, -0.25) is 4.79 Å². The first-order valence-corrected chi connectivity index (χ1v) is 7.43. The minimum Gasteiger partial charge on any atom is -0.330 e. The third-order valence-electron chi connectivity index (χ3n) is 2.78. The lowest BCUT2D eigenvalue weighted by Gasteiger charge is -2.24. The van der Waals surface area contributed by atoms with E-state index in [1.807, 2.05) is 0 Å². The molecule has 0 saturated carbocycles. The van der Waals surface area contributed by atoms with Crippen molar-refractivity contribution in [1.82, 2.24) is 0 Å². The molecule has 0 fully saturated rings. The Hall–Kier alpha value is -0.480. The molecule has 1 aromatic rings. The maximum atomic E-state index is 12.2. The zero-order valence-corrected chi connectivity index (χ0v) is 14.0. The standard InChI is InChI=1S/C14H19Cl3N2O/c1-14(2,3)6-8(7-18)13(20)19-12-5-10(16)9(15)4-11(12)17/h4-5,8H,6-7,18H2,1-3H3,(H,19,20). The van der Waals surface area contributed by atoms with E-state index in [9.17, 15) is 4.79 Å². The Bertz CT molecular complexity index is 498. The lowest BCUT2D eigenvalue weighted by atomic mass is 9.84. The third kappa shape index (κ3) is 5.13. The van der Waals surface area contributed by atoms with Crippen molar-refractivity contribution in [3.8, 4) is 0 Å². The Labute approximate surface area is 134 Å². The largest absolute Gasteiger partial charge is 0.330 e. The molecule has 1 unspecified atom stereocenters. The van der Waals surface area contributed by atoms with Crippen molar-refractivity contribution in [2.45, 2.75) is 27.2 Å². The van der Waals surface area contributed by atoms with Crippen molar-refractivity contribution in [1.29, 1.82) is 0 Å². The number of nitrogens with one attached hydrogen (secondary N) is 1. The summed E-state index contributed by atoms with van der Waals surface area (Å²) in [5.74, 6) is -0.441. The highest BCUT2D eigenvalue weighted by Crippen LogP contribution is 2.33. The molecule has 6 heteroatoms. The Kier molecular flexibility index (Phi) is 6.14. The van der Waals surface area contributed by atoms with Crippen LogP contribution in [0.25, 0.3) is 0 Å². The fourth-order valence-corrected chi connectivity index (χ4v) is 2.47. The second-order valence-corrected chi connectivity index (χ2v) is 7.15. The average molecular weight is 338 g/mol. The van der Waals surface area contributed by atoms with Crippen LogP contribution >= 0.6 is 34.8 Å². The van der Waals surface area contributed by atoms with Gasteiger partial charge in [0.15, 0.2) is 0 Å². The summed E-state index contributed by atoms with van der Waals surface area (Å²) in [5, 5.41) is 3.79. The average Bonchev–Trinajstić information content (AvgIpc) is 2.31. The van der Waals surface area contributed by atoms with Crippen LogP contribution in [-0.4, -0.2) is 12.5 Å². The summed E-state index contributed by atoms with van der Waals surface area (Å²) < 4.78 is 0. The summed E-state index contributed by atoms with van der Waals surface area (Å²) in [4.78, 5) is 12.2. The number of hydrogen-bond donors (Lipinski definition) is 2. The van der Waals surface area contributed by atoms with Crippen molar-refractivity contribution in [3.05, 3.63) is 27.2 Å². The van der Waals surface area contributed by atoms with E-state index in [0.717, 1.165) is 0 Å². The molecule has 112 valence electrons. The summed E-state index contributed by atoms with van der Waals surface area (Å²) in [7, 11) is 0. The van der Waals surface area contributed by atoms with Gasteiger partial charge in [0.05, 0.1) is 26.7 Å². The molecule has 0 aliphatic rings. The predicted molar refractivity (Wildman–Crippen MR) is 86.7 cm³/mol. The fourth-order valence-electron chi connectivity index (χ4n) is 1.88. The van der Waals surface area contributed by atoms with Crippen LogP contribution in [-0.2, 0) is 4.79 Å². The number of halogens is 3. The van der Waals surface area contributed by atoms with Gasteiger partial charge in [-0.1, -0.05) is 55.6 Å². The first-order chi connectivity index (χ1) is 9.14. The van der Waals surface area contributed by atoms with E-state index in [0.29, 0.717) is 27.2 Å². The molecule has 0 spiro atoms. The normalized spacial score (nSPS) is 13.2. The van der Waals surface area contributed by atoms with Crippen LogP contribution in [0.5, 0.6) is 0 Å². The molecule has 0 heterocycles. The summed E-state index contributed by atoms with van der Waals surface area (Å²) >= 11 is 17.8. The quantitative estimate of drug-likeness (QED) is 0.789. The monoisotopic (exact) mass is 336 g/mol. The molecule has 1 rings (SSSR count). The Morgan fingerprint density at radius 1 is 1.20 bits per heavy atom.